The average molecular weight is 699 g/mol. The van der Waals surface area contributed by atoms with Crippen molar-refractivity contribution < 1.29 is 4.74 Å². The Morgan fingerprint density at radius 2 is 1.02 bits per heavy atom. The zero-order chi connectivity index (χ0) is 36.6. The number of hydrogen-bond donors (Lipinski definition) is 0. The predicted octanol–water partition coefficient (Wildman–Crippen LogP) is 16.0. The summed E-state index contributed by atoms with van der Waals surface area (Å²) in [5, 5.41) is 0. The topological polar surface area (TPSA) is 9.23 Å². The van der Waals surface area contributed by atoms with E-state index in [0.29, 0.717) is 5.92 Å². The fourth-order valence-corrected chi connectivity index (χ4v) is 8.84. The Balaban J connectivity index is 1.34. The third-order valence-corrected chi connectivity index (χ3v) is 11.9. The molecule has 1 aliphatic rings. The second-order valence-electron chi connectivity index (χ2n) is 16.6. The van der Waals surface area contributed by atoms with Crippen LogP contribution in [0.2, 0.25) is 0 Å². The number of ether oxygens (including phenoxy) is 1. The molecule has 0 saturated carbocycles. The molecule has 0 aromatic heterocycles. The van der Waals surface area contributed by atoms with Crippen LogP contribution in [0.3, 0.4) is 0 Å². The van der Waals surface area contributed by atoms with Crippen molar-refractivity contribution in [1.29, 1.82) is 0 Å². The van der Waals surface area contributed by atoms with Crippen LogP contribution in [0.15, 0.2) is 91.0 Å². The molecule has 0 unspecified atom stereocenters. The average Bonchev–Trinajstić information content (AvgIpc) is 3.44. The smallest absolute Gasteiger partial charge is 0.119 e. The molecule has 0 amide bonds. The van der Waals surface area contributed by atoms with Gasteiger partial charge in [0.05, 0.1) is 6.61 Å². The summed E-state index contributed by atoms with van der Waals surface area (Å²) in [7, 11) is 0. The standard InChI is InChI=1S/C51H70O/c1-6-8-10-12-14-18-37-51(38-19-15-13-11-9-7-2)49-27-17-16-24-47(49)48-26-21-25-46(50(48)51)44-30-28-42(29-31-44)43-32-34-45(35-33-43)52-39-36-41(5)23-20-22-40(3)4/h16-17,21,24-35,40-41H,6-15,18-20,22-23,36-39H2,1-5H3/t41-/m0/s1. The van der Waals surface area contributed by atoms with E-state index in [9.17, 15) is 0 Å². The van der Waals surface area contributed by atoms with Crippen molar-refractivity contribution >= 4 is 0 Å². The number of hydrogen-bond acceptors (Lipinski definition) is 1. The van der Waals surface area contributed by atoms with Crippen LogP contribution in [-0.2, 0) is 5.41 Å². The largest absolute Gasteiger partial charge is 0.494 e. The molecule has 0 N–H and O–H groups in total. The molecular weight excluding hydrogens is 629 g/mol. The molecule has 0 aliphatic heterocycles. The molecule has 1 aliphatic carbocycles. The Morgan fingerprint density at radius 3 is 1.65 bits per heavy atom. The van der Waals surface area contributed by atoms with Gasteiger partial charge in [0, 0.05) is 5.41 Å². The molecule has 5 rings (SSSR count). The highest BCUT2D eigenvalue weighted by Crippen LogP contribution is 2.57. The van der Waals surface area contributed by atoms with Crippen LogP contribution >= 0.6 is 0 Å². The molecule has 0 fully saturated rings. The Morgan fingerprint density at radius 1 is 0.481 bits per heavy atom. The molecule has 0 heterocycles. The molecule has 52 heavy (non-hydrogen) atoms. The van der Waals surface area contributed by atoms with E-state index in [1.807, 2.05) is 0 Å². The van der Waals surface area contributed by atoms with Crippen molar-refractivity contribution in [2.45, 2.75) is 156 Å². The van der Waals surface area contributed by atoms with Crippen LogP contribution in [0.5, 0.6) is 5.75 Å². The summed E-state index contributed by atoms with van der Waals surface area (Å²) in [6, 6.07) is 34.7. The zero-order valence-electron chi connectivity index (χ0n) is 33.7. The zero-order valence-corrected chi connectivity index (χ0v) is 33.7. The van der Waals surface area contributed by atoms with Gasteiger partial charge in [0.25, 0.3) is 0 Å². The fraction of sp³-hybridized carbons (Fsp3) is 0.529. The molecule has 1 heteroatoms. The van der Waals surface area contributed by atoms with Crippen molar-refractivity contribution in [2.75, 3.05) is 6.61 Å². The summed E-state index contributed by atoms with van der Waals surface area (Å²) < 4.78 is 6.17. The molecule has 280 valence electrons. The van der Waals surface area contributed by atoms with Gasteiger partial charge in [-0.25, -0.2) is 0 Å². The maximum Gasteiger partial charge on any atom is 0.119 e. The Hall–Kier alpha value is -3.32. The lowest BCUT2D eigenvalue weighted by Crippen LogP contribution is -2.26. The molecular formula is C51H70O. The van der Waals surface area contributed by atoms with E-state index in [0.717, 1.165) is 24.7 Å². The van der Waals surface area contributed by atoms with Gasteiger partial charge >= 0.3 is 0 Å². The highest BCUT2D eigenvalue weighted by Gasteiger charge is 2.43. The molecule has 1 atom stereocenters. The second-order valence-corrected chi connectivity index (χ2v) is 16.6. The Labute approximate surface area is 319 Å². The van der Waals surface area contributed by atoms with Crippen LogP contribution in [0, 0.1) is 11.8 Å². The van der Waals surface area contributed by atoms with Gasteiger partial charge in [-0.2, -0.15) is 0 Å². The lowest BCUT2D eigenvalue weighted by Gasteiger charge is -2.34. The summed E-state index contributed by atoms with van der Waals surface area (Å²) in [5.74, 6) is 2.49. The fourth-order valence-electron chi connectivity index (χ4n) is 8.84. The minimum atomic E-state index is 0.0818. The number of rotatable bonds is 24. The Bertz CT molecular complexity index is 1580. The first kappa shape index (κ1) is 39.9. The maximum absolute atomic E-state index is 6.17. The molecule has 0 radical (unpaired) electrons. The van der Waals surface area contributed by atoms with E-state index < -0.39 is 0 Å². The summed E-state index contributed by atoms with van der Waals surface area (Å²) in [5.41, 5.74) is 11.5. The number of benzene rings is 4. The summed E-state index contributed by atoms with van der Waals surface area (Å²) >= 11 is 0. The van der Waals surface area contributed by atoms with Crippen molar-refractivity contribution in [3.8, 4) is 39.1 Å². The van der Waals surface area contributed by atoms with Gasteiger partial charge in [-0.05, 0) is 87.7 Å². The van der Waals surface area contributed by atoms with Crippen molar-refractivity contribution in [2.24, 2.45) is 11.8 Å². The van der Waals surface area contributed by atoms with E-state index in [-0.39, 0.29) is 5.41 Å². The van der Waals surface area contributed by atoms with Crippen LogP contribution in [-0.4, -0.2) is 6.61 Å². The quantitative estimate of drug-likeness (QED) is 0.0662. The minimum absolute atomic E-state index is 0.0818. The van der Waals surface area contributed by atoms with Crippen molar-refractivity contribution in [1.82, 2.24) is 0 Å². The minimum Gasteiger partial charge on any atom is -0.494 e. The molecule has 0 saturated heterocycles. The van der Waals surface area contributed by atoms with Gasteiger partial charge in [-0.3, -0.25) is 0 Å². The summed E-state index contributed by atoms with van der Waals surface area (Å²) in [4.78, 5) is 0. The summed E-state index contributed by atoms with van der Waals surface area (Å²) in [6.07, 6.45) is 23.7. The van der Waals surface area contributed by atoms with Gasteiger partial charge in [-0.15, -0.1) is 0 Å². The van der Waals surface area contributed by atoms with Gasteiger partial charge in [0.2, 0.25) is 0 Å². The molecule has 1 nitrogen and oxygen atoms in total. The first-order chi connectivity index (χ1) is 25.5. The highest BCUT2D eigenvalue weighted by atomic mass is 16.5. The SMILES string of the molecule is CCCCCCCCC1(CCCCCCCC)c2ccccc2-c2cccc(-c3ccc(-c4ccc(OCC[C@@H](C)CCCC(C)C)cc4)cc3)c21. The van der Waals surface area contributed by atoms with Crippen LogP contribution < -0.4 is 4.74 Å². The first-order valence-corrected chi connectivity index (χ1v) is 21.5. The third-order valence-electron chi connectivity index (χ3n) is 11.9. The Kier molecular flexibility index (Phi) is 15.9. The van der Waals surface area contributed by atoms with Crippen molar-refractivity contribution in [3.05, 3.63) is 102 Å². The van der Waals surface area contributed by atoms with Gasteiger partial charge in [-0.1, -0.05) is 210 Å². The monoisotopic (exact) mass is 699 g/mol. The van der Waals surface area contributed by atoms with Crippen molar-refractivity contribution in [3.63, 3.8) is 0 Å². The molecule has 4 aromatic rings. The molecule has 0 spiro atoms. The van der Waals surface area contributed by atoms with Gasteiger partial charge in [0.1, 0.15) is 5.75 Å². The van der Waals surface area contributed by atoms with E-state index in [4.69, 9.17) is 4.74 Å². The van der Waals surface area contributed by atoms with E-state index >= 15 is 0 Å². The number of unbranched alkanes of at least 4 members (excludes halogenated alkanes) is 10. The maximum atomic E-state index is 6.17. The first-order valence-electron chi connectivity index (χ1n) is 21.5. The van der Waals surface area contributed by atoms with Crippen LogP contribution in [0.4, 0.5) is 0 Å². The lowest BCUT2D eigenvalue weighted by atomic mass is 9.68. The molecule has 4 aromatic carbocycles. The van der Waals surface area contributed by atoms with E-state index in [2.05, 4.69) is 126 Å². The lowest BCUT2D eigenvalue weighted by molar-refractivity contribution is 0.276. The number of fused-ring (bicyclic) bond motifs is 3. The normalized spacial score (nSPS) is 13.7. The van der Waals surface area contributed by atoms with Gasteiger partial charge < -0.3 is 4.74 Å². The summed E-state index contributed by atoms with van der Waals surface area (Å²) in [6.45, 7) is 12.4. The van der Waals surface area contributed by atoms with Crippen LogP contribution in [0.25, 0.3) is 33.4 Å². The van der Waals surface area contributed by atoms with Crippen LogP contribution in [0.1, 0.15) is 161 Å². The van der Waals surface area contributed by atoms with E-state index in [1.54, 1.807) is 11.1 Å². The highest BCUT2D eigenvalue weighted by molar-refractivity contribution is 5.88. The third kappa shape index (κ3) is 10.6. The second kappa shape index (κ2) is 20.8. The predicted molar refractivity (Wildman–Crippen MR) is 227 cm³/mol. The molecule has 0 bridgehead atoms. The van der Waals surface area contributed by atoms with E-state index in [1.165, 1.54) is 143 Å². The van der Waals surface area contributed by atoms with Gasteiger partial charge in [0.15, 0.2) is 0 Å².